The highest BCUT2D eigenvalue weighted by Gasteiger charge is 2.13. The third-order valence-corrected chi connectivity index (χ3v) is 2.64. The lowest BCUT2D eigenvalue weighted by Gasteiger charge is -2.13. The van der Waals surface area contributed by atoms with Gasteiger partial charge in [0, 0.05) is 6.04 Å². The Morgan fingerprint density at radius 1 is 1.14 bits per heavy atom. The first-order valence-electron chi connectivity index (χ1n) is 6.86. The summed E-state index contributed by atoms with van der Waals surface area (Å²) in [6, 6.07) is 6.47. The number of ether oxygens (including phenoxy) is 3. The third-order valence-electron chi connectivity index (χ3n) is 2.64. The molecule has 0 aliphatic heterocycles. The van der Waals surface area contributed by atoms with Gasteiger partial charge in [0.1, 0.15) is 5.75 Å². The van der Waals surface area contributed by atoms with Gasteiger partial charge in [-0.2, -0.15) is 0 Å². The zero-order valence-electron chi connectivity index (χ0n) is 12.3. The van der Waals surface area contributed by atoms with Crippen molar-refractivity contribution in [2.75, 3.05) is 19.8 Å². The minimum absolute atomic E-state index is 0.0924. The molecule has 0 saturated heterocycles. The van der Waals surface area contributed by atoms with Gasteiger partial charge in [-0.1, -0.05) is 12.1 Å². The molecular weight excluding hydrogens is 274 g/mol. The maximum absolute atomic E-state index is 11.4. The molecule has 1 atom stereocenters. The molecule has 1 aromatic carbocycles. The number of esters is 2. The second kappa shape index (κ2) is 8.97. The van der Waals surface area contributed by atoms with Crippen LogP contribution in [0.2, 0.25) is 0 Å². The van der Waals surface area contributed by atoms with Gasteiger partial charge < -0.3 is 19.9 Å². The van der Waals surface area contributed by atoms with Crippen molar-refractivity contribution in [2.24, 2.45) is 5.73 Å². The number of carbonyl (C=O) groups excluding carboxylic acids is 2. The molecule has 1 rings (SSSR count). The molecule has 6 nitrogen and oxygen atoms in total. The smallest absolute Gasteiger partial charge is 0.344 e. The van der Waals surface area contributed by atoms with Gasteiger partial charge >= 0.3 is 11.9 Å². The van der Waals surface area contributed by atoms with Gasteiger partial charge in [-0.25, -0.2) is 4.79 Å². The predicted octanol–water partition coefficient (Wildman–Crippen LogP) is 1.58. The van der Waals surface area contributed by atoms with Gasteiger partial charge in [0.05, 0.1) is 19.6 Å². The van der Waals surface area contributed by atoms with Gasteiger partial charge in [-0.05, 0) is 31.5 Å². The van der Waals surface area contributed by atoms with Crippen LogP contribution >= 0.6 is 0 Å². The number of nitrogens with two attached hydrogens (primary N) is 1. The summed E-state index contributed by atoms with van der Waals surface area (Å²) in [6.07, 6.45) is 0.0924. The Labute approximate surface area is 124 Å². The largest absolute Gasteiger partial charge is 0.482 e. The van der Waals surface area contributed by atoms with Gasteiger partial charge in [0.2, 0.25) is 0 Å². The Morgan fingerprint density at radius 3 is 2.48 bits per heavy atom. The van der Waals surface area contributed by atoms with Gasteiger partial charge in [0.15, 0.2) is 6.61 Å². The molecule has 0 saturated carbocycles. The van der Waals surface area contributed by atoms with E-state index in [0.717, 1.165) is 5.56 Å². The van der Waals surface area contributed by atoms with Crippen LogP contribution in [-0.2, 0) is 19.1 Å². The first-order valence-corrected chi connectivity index (χ1v) is 6.86. The standard InChI is InChI=1S/C15H21NO5/c1-3-19-14(17)9-13(16)11-6-5-7-12(8-11)21-10-15(18)20-4-2/h5-8,13H,3-4,9-10,16H2,1-2H3. The zero-order valence-corrected chi connectivity index (χ0v) is 12.3. The van der Waals surface area contributed by atoms with Crippen molar-refractivity contribution in [3.63, 3.8) is 0 Å². The molecule has 0 bridgehead atoms. The minimum atomic E-state index is -0.477. The molecule has 0 amide bonds. The molecule has 1 aromatic rings. The lowest BCUT2D eigenvalue weighted by atomic mass is 10.0. The maximum atomic E-state index is 11.4. The fraction of sp³-hybridized carbons (Fsp3) is 0.467. The van der Waals surface area contributed by atoms with E-state index < -0.39 is 12.0 Å². The monoisotopic (exact) mass is 295 g/mol. The highest BCUT2D eigenvalue weighted by Crippen LogP contribution is 2.20. The summed E-state index contributed by atoms with van der Waals surface area (Å²) in [5, 5.41) is 0. The summed E-state index contributed by atoms with van der Waals surface area (Å²) in [4.78, 5) is 22.6. The van der Waals surface area contributed by atoms with Crippen LogP contribution in [0.4, 0.5) is 0 Å². The summed E-state index contributed by atoms with van der Waals surface area (Å²) in [5.41, 5.74) is 6.69. The summed E-state index contributed by atoms with van der Waals surface area (Å²) >= 11 is 0. The summed E-state index contributed by atoms with van der Waals surface area (Å²) in [6.45, 7) is 3.95. The van der Waals surface area contributed by atoms with Crippen molar-refractivity contribution < 1.29 is 23.8 Å². The fourth-order valence-corrected chi connectivity index (χ4v) is 1.70. The van der Waals surface area contributed by atoms with Crippen LogP contribution in [0.5, 0.6) is 5.75 Å². The van der Waals surface area contributed by atoms with Crippen LogP contribution in [-0.4, -0.2) is 31.8 Å². The van der Waals surface area contributed by atoms with E-state index in [4.69, 9.17) is 19.9 Å². The first-order chi connectivity index (χ1) is 10.1. The van der Waals surface area contributed by atoms with Crippen molar-refractivity contribution in [1.82, 2.24) is 0 Å². The third kappa shape index (κ3) is 6.27. The molecule has 0 radical (unpaired) electrons. The quantitative estimate of drug-likeness (QED) is 0.733. The minimum Gasteiger partial charge on any atom is -0.482 e. The topological polar surface area (TPSA) is 87.9 Å². The Morgan fingerprint density at radius 2 is 1.81 bits per heavy atom. The molecular formula is C15H21NO5. The van der Waals surface area contributed by atoms with Crippen molar-refractivity contribution in [3.05, 3.63) is 29.8 Å². The second-order valence-corrected chi connectivity index (χ2v) is 4.28. The highest BCUT2D eigenvalue weighted by molar-refractivity contribution is 5.71. The van der Waals surface area contributed by atoms with E-state index in [9.17, 15) is 9.59 Å². The molecule has 6 heteroatoms. The Balaban J connectivity index is 2.58. The van der Waals surface area contributed by atoms with E-state index in [1.54, 1.807) is 38.1 Å². The van der Waals surface area contributed by atoms with Gasteiger partial charge in [0.25, 0.3) is 0 Å². The molecule has 0 aromatic heterocycles. The van der Waals surface area contributed by atoms with Crippen LogP contribution in [0.3, 0.4) is 0 Å². The van der Waals surface area contributed by atoms with E-state index in [-0.39, 0.29) is 19.0 Å². The average molecular weight is 295 g/mol. The van der Waals surface area contributed by atoms with E-state index in [1.807, 2.05) is 0 Å². The van der Waals surface area contributed by atoms with Crippen molar-refractivity contribution >= 4 is 11.9 Å². The lowest BCUT2D eigenvalue weighted by Crippen LogP contribution is -2.18. The molecule has 0 heterocycles. The van der Waals surface area contributed by atoms with E-state index in [1.165, 1.54) is 0 Å². The van der Waals surface area contributed by atoms with Crippen molar-refractivity contribution in [3.8, 4) is 5.75 Å². The van der Waals surface area contributed by atoms with E-state index in [0.29, 0.717) is 19.0 Å². The Kier molecular flexibility index (Phi) is 7.25. The summed E-state index contributed by atoms with van der Waals surface area (Å²) < 4.78 is 14.9. The van der Waals surface area contributed by atoms with Crippen LogP contribution in [0, 0.1) is 0 Å². The maximum Gasteiger partial charge on any atom is 0.344 e. The summed E-state index contributed by atoms with van der Waals surface area (Å²) in [7, 11) is 0. The molecule has 2 N–H and O–H groups in total. The Bertz CT molecular complexity index is 475. The lowest BCUT2D eigenvalue weighted by molar-refractivity contribution is -0.145. The van der Waals surface area contributed by atoms with E-state index in [2.05, 4.69) is 0 Å². The number of hydrogen-bond donors (Lipinski definition) is 1. The van der Waals surface area contributed by atoms with Gasteiger partial charge in [-0.3, -0.25) is 4.79 Å². The Hall–Kier alpha value is -2.08. The SMILES string of the molecule is CCOC(=O)COc1cccc(C(N)CC(=O)OCC)c1. The zero-order chi connectivity index (χ0) is 15.7. The normalized spacial score (nSPS) is 11.6. The average Bonchev–Trinajstić information content (AvgIpc) is 2.46. The van der Waals surface area contributed by atoms with Gasteiger partial charge in [-0.15, -0.1) is 0 Å². The predicted molar refractivity (Wildman–Crippen MR) is 76.7 cm³/mol. The fourth-order valence-electron chi connectivity index (χ4n) is 1.70. The molecule has 0 aliphatic carbocycles. The van der Waals surface area contributed by atoms with Crippen molar-refractivity contribution in [2.45, 2.75) is 26.3 Å². The molecule has 0 aliphatic rings. The molecule has 0 spiro atoms. The number of carbonyl (C=O) groups is 2. The van der Waals surface area contributed by atoms with Crippen LogP contribution in [0.15, 0.2) is 24.3 Å². The second-order valence-electron chi connectivity index (χ2n) is 4.28. The molecule has 1 unspecified atom stereocenters. The number of benzene rings is 1. The van der Waals surface area contributed by atoms with Crippen LogP contribution in [0.1, 0.15) is 31.9 Å². The summed E-state index contributed by atoms with van der Waals surface area (Å²) in [5.74, 6) is -0.276. The molecule has 116 valence electrons. The van der Waals surface area contributed by atoms with Crippen molar-refractivity contribution in [1.29, 1.82) is 0 Å². The number of hydrogen-bond acceptors (Lipinski definition) is 6. The first kappa shape index (κ1) is 17.0. The molecule has 21 heavy (non-hydrogen) atoms. The number of rotatable bonds is 8. The highest BCUT2D eigenvalue weighted by atomic mass is 16.6. The van der Waals surface area contributed by atoms with Crippen LogP contribution in [0.25, 0.3) is 0 Å². The van der Waals surface area contributed by atoms with E-state index >= 15 is 0 Å². The molecule has 0 fully saturated rings. The van der Waals surface area contributed by atoms with Crippen LogP contribution < -0.4 is 10.5 Å².